The summed E-state index contributed by atoms with van der Waals surface area (Å²) in [7, 11) is 0. The zero-order valence-corrected chi connectivity index (χ0v) is 11.8. The molecular formula is C16H23N3. The van der Waals surface area contributed by atoms with Crippen molar-refractivity contribution in [1.29, 1.82) is 0 Å². The lowest BCUT2D eigenvalue weighted by Crippen LogP contribution is -2.30. The molecule has 102 valence electrons. The van der Waals surface area contributed by atoms with E-state index >= 15 is 0 Å². The van der Waals surface area contributed by atoms with Gasteiger partial charge in [0.1, 0.15) is 5.82 Å². The van der Waals surface area contributed by atoms with E-state index in [1.807, 2.05) is 6.20 Å². The second kappa shape index (κ2) is 6.53. The van der Waals surface area contributed by atoms with Gasteiger partial charge < -0.3 is 10.6 Å². The predicted octanol–water partition coefficient (Wildman–Crippen LogP) is 3.05. The molecule has 1 aromatic carbocycles. The van der Waals surface area contributed by atoms with Crippen molar-refractivity contribution >= 4 is 16.6 Å². The summed E-state index contributed by atoms with van der Waals surface area (Å²) in [5.41, 5.74) is 5.65. The molecule has 0 saturated carbocycles. The van der Waals surface area contributed by atoms with Gasteiger partial charge in [0.05, 0.1) is 0 Å². The van der Waals surface area contributed by atoms with E-state index in [4.69, 9.17) is 5.73 Å². The van der Waals surface area contributed by atoms with Gasteiger partial charge in [-0.3, -0.25) is 0 Å². The van der Waals surface area contributed by atoms with Gasteiger partial charge in [-0.1, -0.05) is 38.1 Å². The molecule has 3 nitrogen and oxygen atoms in total. The van der Waals surface area contributed by atoms with Crippen molar-refractivity contribution in [3.63, 3.8) is 0 Å². The first kappa shape index (κ1) is 13.8. The second-order valence-electron chi connectivity index (χ2n) is 5.34. The van der Waals surface area contributed by atoms with E-state index in [-0.39, 0.29) is 0 Å². The molecule has 0 fully saturated rings. The summed E-state index contributed by atoms with van der Waals surface area (Å²) >= 11 is 0. The summed E-state index contributed by atoms with van der Waals surface area (Å²) in [5.74, 6) is 1.69. The molecule has 0 saturated heterocycles. The van der Waals surface area contributed by atoms with Gasteiger partial charge in [0, 0.05) is 24.7 Å². The topological polar surface area (TPSA) is 42.1 Å². The molecule has 2 N–H and O–H groups in total. The van der Waals surface area contributed by atoms with Crippen molar-refractivity contribution in [2.24, 2.45) is 11.7 Å². The minimum absolute atomic E-state index is 0.610. The van der Waals surface area contributed by atoms with Crippen LogP contribution in [0.15, 0.2) is 36.5 Å². The molecule has 0 spiro atoms. The number of anilines is 1. The number of nitrogens with zero attached hydrogens (tertiary/aromatic N) is 2. The molecule has 3 heteroatoms. The summed E-state index contributed by atoms with van der Waals surface area (Å²) in [5, 5.41) is 2.47. The Hall–Kier alpha value is -1.61. The molecular weight excluding hydrogens is 234 g/mol. The van der Waals surface area contributed by atoms with Crippen LogP contribution in [0.25, 0.3) is 10.8 Å². The summed E-state index contributed by atoms with van der Waals surface area (Å²) in [4.78, 5) is 6.96. The monoisotopic (exact) mass is 257 g/mol. The van der Waals surface area contributed by atoms with Crippen molar-refractivity contribution in [2.75, 3.05) is 24.5 Å². The van der Waals surface area contributed by atoms with Crippen LogP contribution in [0.2, 0.25) is 0 Å². The fourth-order valence-corrected chi connectivity index (χ4v) is 2.36. The third-order valence-electron chi connectivity index (χ3n) is 3.17. The fraction of sp³-hybridized carbons (Fsp3) is 0.438. The first-order valence-electron chi connectivity index (χ1n) is 7.01. The lowest BCUT2D eigenvalue weighted by atomic mass is 10.1. The van der Waals surface area contributed by atoms with Crippen LogP contribution < -0.4 is 10.6 Å². The zero-order valence-electron chi connectivity index (χ0n) is 11.8. The first-order valence-corrected chi connectivity index (χ1v) is 7.01. The Morgan fingerprint density at radius 3 is 2.74 bits per heavy atom. The van der Waals surface area contributed by atoms with Gasteiger partial charge in [0.15, 0.2) is 0 Å². The number of aromatic nitrogens is 1. The molecule has 2 aromatic rings. The minimum atomic E-state index is 0.610. The molecule has 2 rings (SSSR count). The van der Waals surface area contributed by atoms with Crippen LogP contribution in [0.1, 0.15) is 20.3 Å². The average molecular weight is 257 g/mol. The molecule has 0 aliphatic carbocycles. The first-order chi connectivity index (χ1) is 9.22. The third-order valence-corrected chi connectivity index (χ3v) is 3.17. The number of hydrogen-bond donors (Lipinski definition) is 1. The van der Waals surface area contributed by atoms with Crippen LogP contribution in [0.5, 0.6) is 0 Å². The SMILES string of the molecule is CC(C)CN(CCCN)c1nccc2ccccc12. The van der Waals surface area contributed by atoms with E-state index in [1.54, 1.807) is 0 Å². The molecule has 19 heavy (non-hydrogen) atoms. The van der Waals surface area contributed by atoms with Crippen LogP contribution in [-0.2, 0) is 0 Å². The van der Waals surface area contributed by atoms with Crippen molar-refractivity contribution in [3.8, 4) is 0 Å². The Morgan fingerprint density at radius 1 is 1.21 bits per heavy atom. The number of hydrogen-bond acceptors (Lipinski definition) is 3. The summed E-state index contributed by atoms with van der Waals surface area (Å²) in [6.07, 6.45) is 2.89. The normalized spacial score (nSPS) is 11.2. The highest BCUT2D eigenvalue weighted by Crippen LogP contribution is 2.24. The number of pyridine rings is 1. The number of fused-ring (bicyclic) bond motifs is 1. The standard InChI is InChI=1S/C16H23N3/c1-13(2)12-19(11-5-9-17)16-15-7-4-3-6-14(15)8-10-18-16/h3-4,6-8,10,13H,5,9,11-12,17H2,1-2H3. The van der Waals surface area contributed by atoms with E-state index < -0.39 is 0 Å². The molecule has 1 aromatic heterocycles. The highest BCUT2D eigenvalue weighted by atomic mass is 15.2. The second-order valence-corrected chi connectivity index (χ2v) is 5.34. The number of rotatable bonds is 6. The van der Waals surface area contributed by atoms with Gasteiger partial charge in [-0.05, 0) is 30.3 Å². The molecule has 0 amide bonds. The van der Waals surface area contributed by atoms with Gasteiger partial charge >= 0.3 is 0 Å². The van der Waals surface area contributed by atoms with E-state index in [0.717, 1.165) is 31.9 Å². The Morgan fingerprint density at radius 2 is 2.00 bits per heavy atom. The molecule has 0 unspecified atom stereocenters. The lowest BCUT2D eigenvalue weighted by molar-refractivity contribution is 0.598. The smallest absolute Gasteiger partial charge is 0.136 e. The lowest BCUT2D eigenvalue weighted by Gasteiger charge is -2.26. The van der Waals surface area contributed by atoms with E-state index in [1.165, 1.54) is 10.8 Å². The minimum Gasteiger partial charge on any atom is -0.356 e. The Bertz CT molecular complexity index is 517. The Kier molecular flexibility index (Phi) is 4.74. The molecule has 1 heterocycles. The Balaban J connectivity index is 2.37. The maximum absolute atomic E-state index is 5.65. The quantitative estimate of drug-likeness (QED) is 0.865. The van der Waals surface area contributed by atoms with Gasteiger partial charge in [0.2, 0.25) is 0 Å². The van der Waals surface area contributed by atoms with Crippen LogP contribution in [0.4, 0.5) is 5.82 Å². The van der Waals surface area contributed by atoms with Crippen molar-refractivity contribution < 1.29 is 0 Å². The molecule has 0 bridgehead atoms. The Labute approximate surface area is 115 Å². The third kappa shape index (κ3) is 3.44. The van der Waals surface area contributed by atoms with Gasteiger partial charge in [-0.25, -0.2) is 4.98 Å². The van der Waals surface area contributed by atoms with Crippen LogP contribution in [0.3, 0.4) is 0 Å². The van der Waals surface area contributed by atoms with Crippen molar-refractivity contribution in [2.45, 2.75) is 20.3 Å². The molecule has 0 aliphatic heterocycles. The zero-order chi connectivity index (χ0) is 13.7. The maximum Gasteiger partial charge on any atom is 0.136 e. The molecule has 0 atom stereocenters. The van der Waals surface area contributed by atoms with Gasteiger partial charge in [-0.2, -0.15) is 0 Å². The van der Waals surface area contributed by atoms with Crippen molar-refractivity contribution in [1.82, 2.24) is 4.98 Å². The van der Waals surface area contributed by atoms with Crippen LogP contribution >= 0.6 is 0 Å². The van der Waals surface area contributed by atoms with Crippen LogP contribution in [-0.4, -0.2) is 24.6 Å². The average Bonchev–Trinajstić information content (AvgIpc) is 2.42. The largest absolute Gasteiger partial charge is 0.356 e. The van der Waals surface area contributed by atoms with Crippen LogP contribution in [0, 0.1) is 5.92 Å². The highest BCUT2D eigenvalue weighted by Gasteiger charge is 2.12. The van der Waals surface area contributed by atoms with Crippen molar-refractivity contribution in [3.05, 3.63) is 36.5 Å². The van der Waals surface area contributed by atoms with E-state index in [2.05, 4.69) is 54.1 Å². The highest BCUT2D eigenvalue weighted by molar-refractivity contribution is 5.92. The van der Waals surface area contributed by atoms with Gasteiger partial charge in [0.25, 0.3) is 0 Å². The number of nitrogens with two attached hydrogens (primary N) is 1. The van der Waals surface area contributed by atoms with E-state index in [0.29, 0.717) is 5.92 Å². The molecule has 0 aliphatic rings. The van der Waals surface area contributed by atoms with Gasteiger partial charge in [-0.15, -0.1) is 0 Å². The maximum atomic E-state index is 5.65. The number of benzene rings is 1. The summed E-state index contributed by atoms with van der Waals surface area (Å²) < 4.78 is 0. The summed E-state index contributed by atoms with van der Waals surface area (Å²) in [6, 6.07) is 10.5. The molecule has 0 radical (unpaired) electrons. The predicted molar refractivity (Wildman–Crippen MR) is 82.5 cm³/mol. The van der Waals surface area contributed by atoms with E-state index in [9.17, 15) is 0 Å². The fourth-order valence-electron chi connectivity index (χ4n) is 2.36. The summed E-state index contributed by atoms with van der Waals surface area (Å²) in [6.45, 7) is 7.18.